The molecule has 0 aromatic heterocycles. The van der Waals surface area contributed by atoms with Crippen molar-refractivity contribution < 1.29 is 13.5 Å². The molecule has 0 saturated carbocycles. The van der Waals surface area contributed by atoms with Gasteiger partial charge >= 0.3 is 0 Å². The first-order valence-electron chi connectivity index (χ1n) is 9.52. The quantitative estimate of drug-likeness (QED) is 0.639. The van der Waals surface area contributed by atoms with Gasteiger partial charge in [0.1, 0.15) is 0 Å². The Hall–Kier alpha value is -1.89. The van der Waals surface area contributed by atoms with E-state index in [1.165, 1.54) is 4.31 Å². The van der Waals surface area contributed by atoms with Gasteiger partial charge in [-0.05, 0) is 50.2 Å². The van der Waals surface area contributed by atoms with Crippen LogP contribution in [0.3, 0.4) is 0 Å². The highest BCUT2D eigenvalue weighted by Gasteiger charge is 2.27. The van der Waals surface area contributed by atoms with Gasteiger partial charge in [-0.15, -0.1) is 0 Å². The molecule has 0 spiro atoms. The molecule has 0 radical (unpaired) electrons. The molecule has 1 atom stereocenters. The summed E-state index contributed by atoms with van der Waals surface area (Å²) in [6.07, 6.45) is 1.22. The predicted octanol–water partition coefficient (Wildman–Crippen LogP) is 3.36. The van der Waals surface area contributed by atoms with E-state index in [1.54, 1.807) is 54.6 Å². The number of anilines is 1. The molecule has 5 nitrogen and oxygen atoms in total. The van der Waals surface area contributed by atoms with Crippen LogP contribution in [0.5, 0.6) is 0 Å². The summed E-state index contributed by atoms with van der Waals surface area (Å²) < 4.78 is 27.7. The fourth-order valence-electron chi connectivity index (χ4n) is 3.13. The van der Waals surface area contributed by atoms with E-state index in [1.807, 2.05) is 6.07 Å². The zero-order valence-corrected chi connectivity index (χ0v) is 17.0. The van der Waals surface area contributed by atoms with Gasteiger partial charge in [-0.3, -0.25) is 4.31 Å². The Kier molecular flexibility index (Phi) is 8.28. The summed E-state index contributed by atoms with van der Waals surface area (Å²) in [5.74, 6) is 0. The normalized spacial score (nSPS) is 12.9. The standard InChI is InChI=1S/C21H30N2O3S/c1-3-15-22(16-4-2)17-20(24)18-23(19-11-7-5-8-12-19)27(25,26)21-13-9-6-10-14-21/h5-14,20,24H,3-4,15-18H2,1-2H3/t20-/m1/s1. The SMILES string of the molecule is CCCN(CCC)C[C@@H](O)CN(c1ccccc1)S(=O)(=O)c1ccccc1. The van der Waals surface area contributed by atoms with Crippen LogP contribution >= 0.6 is 0 Å². The summed E-state index contributed by atoms with van der Waals surface area (Å²) in [7, 11) is -3.75. The molecule has 1 N–H and O–H groups in total. The van der Waals surface area contributed by atoms with Crippen molar-refractivity contribution in [1.29, 1.82) is 0 Å². The fraction of sp³-hybridized carbons (Fsp3) is 0.429. The Morgan fingerprint density at radius 3 is 1.89 bits per heavy atom. The lowest BCUT2D eigenvalue weighted by molar-refractivity contribution is 0.119. The third kappa shape index (κ3) is 6.06. The summed E-state index contributed by atoms with van der Waals surface area (Å²) >= 11 is 0. The molecule has 0 amide bonds. The molecule has 0 saturated heterocycles. The van der Waals surface area contributed by atoms with E-state index in [4.69, 9.17) is 0 Å². The van der Waals surface area contributed by atoms with Crippen molar-refractivity contribution in [3.8, 4) is 0 Å². The van der Waals surface area contributed by atoms with Crippen LogP contribution in [0, 0.1) is 0 Å². The second-order valence-electron chi connectivity index (χ2n) is 6.64. The third-order valence-electron chi connectivity index (χ3n) is 4.30. The zero-order chi connectivity index (χ0) is 19.7. The molecule has 0 aliphatic heterocycles. The Balaban J connectivity index is 2.26. The lowest BCUT2D eigenvalue weighted by Crippen LogP contribution is -2.43. The zero-order valence-electron chi connectivity index (χ0n) is 16.2. The topological polar surface area (TPSA) is 60.9 Å². The van der Waals surface area contributed by atoms with Crippen molar-refractivity contribution in [3.63, 3.8) is 0 Å². The monoisotopic (exact) mass is 390 g/mol. The van der Waals surface area contributed by atoms with Crippen LogP contribution in [0.1, 0.15) is 26.7 Å². The minimum absolute atomic E-state index is 0.0190. The van der Waals surface area contributed by atoms with E-state index in [0.29, 0.717) is 12.2 Å². The molecular formula is C21H30N2O3S. The first-order chi connectivity index (χ1) is 13.0. The summed E-state index contributed by atoms with van der Waals surface area (Å²) in [6, 6.07) is 17.3. The maximum Gasteiger partial charge on any atom is 0.264 e. The molecule has 0 unspecified atom stereocenters. The summed E-state index contributed by atoms with van der Waals surface area (Å²) in [5.41, 5.74) is 0.554. The summed E-state index contributed by atoms with van der Waals surface area (Å²) in [4.78, 5) is 2.41. The number of nitrogens with zero attached hydrogens (tertiary/aromatic N) is 2. The second-order valence-corrected chi connectivity index (χ2v) is 8.50. The van der Waals surface area contributed by atoms with Crippen LogP contribution in [-0.4, -0.2) is 50.7 Å². The van der Waals surface area contributed by atoms with Gasteiger partial charge in [0.05, 0.1) is 23.2 Å². The Morgan fingerprint density at radius 1 is 0.852 bits per heavy atom. The molecular weight excluding hydrogens is 360 g/mol. The highest BCUT2D eigenvalue weighted by Crippen LogP contribution is 2.23. The van der Waals surface area contributed by atoms with Gasteiger partial charge in [-0.1, -0.05) is 50.2 Å². The van der Waals surface area contributed by atoms with Crippen LogP contribution in [0.2, 0.25) is 0 Å². The maximum absolute atomic E-state index is 13.2. The van der Waals surface area contributed by atoms with Gasteiger partial charge < -0.3 is 10.0 Å². The van der Waals surface area contributed by atoms with Crippen LogP contribution in [0.4, 0.5) is 5.69 Å². The molecule has 0 heterocycles. The average Bonchev–Trinajstić information content (AvgIpc) is 2.68. The van der Waals surface area contributed by atoms with Gasteiger partial charge in [0.25, 0.3) is 10.0 Å². The molecule has 0 bridgehead atoms. The van der Waals surface area contributed by atoms with Crippen LogP contribution in [0.25, 0.3) is 0 Å². The van der Waals surface area contributed by atoms with Crippen LogP contribution in [0.15, 0.2) is 65.6 Å². The molecule has 0 fully saturated rings. The number of aliphatic hydroxyl groups is 1. The lowest BCUT2D eigenvalue weighted by atomic mass is 10.2. The number of benzene rings is 2. The first-order valence-corrected chi connectivity index (χ1v) is 11.0. The van der Waals surface area contributed by atoms with E-state index in [0.717, 1.165) is 25.9 Å². The Morgan fingerprint density at radius 2 is 1.37 bits per heavy atom. The van der Waals surface area contributed by atoms with Crippen molar-refractivity contribution in [2.24, 2.45) is 0 Å². The smallest absolute Gasteiger partial charge is 0.264 e. The van der Waals surface area contributed by atoms with Crippen LogP contribution < -0.4 is 4.31 Å². The van der Waals surface area contributed by atoms with Crippen molar-refractivity contribution in [1.82, 2.24) is 4.90 Å². The third-order valence-corrected chi connectivity index (χ3v) is 6.11. The molecule has 0 aliphatic carbocycles. The Bertz CT molecular complexity index is 761. The number of para-hydroxylation sites is 1. The number of hydrogen-bond acceptors (Lipinski definition) is 4. The van der Waals surface area contributed by atoms with E-state index >= 15 is 0 Å². The van der Waals surface area contributed by atoms with Gasteiger partial charge in [0, 0.05) is 6.54 Å². The lowest BCUT2D eigenvalue weighted by Gasteiger charge is -2.30. The maximum atomic E-state index is 13.2. The number of rotatable bonds is 11. The van der Waals surface area contributed by atoms with Crippen molar-refractivity contribution >= 4 is 15.7 Å². The first kappa shape index (κ1) is 21.4. The van der Waals surface area contributed by atoms with E-state index in [-0.39, 0.29) is 11.4 Å². The van der Waals surface area contributed by atoms with Gasteiger partial charge in [-0.25, -0.2) is 8.42 Å². The van der Waals surface area contributed by atoms with Crippen molar-refractivity contribution in [2.75, 3.05) is 30.5 Å². The molecule has 0 aliphatic rings. The molecule has 2 aromatic rings. The Labute approximate surface area is 163 Å². The fourth-order valence-corrected chi connectivity index (χ4v) is 4.65. The van der Waals surface area contributed by atoms with Gasteiger partial charge in [-0.2, -0.15) is 0 Å². The minimum Gasteiger partial charge on any atom is -0.390 e. The molecule has 2 aromatic carbocycles. The predicted molar refractivity (Wildman–Crippen MR) is 110 cm³/mol. The number of sulfonamides is 1. The highest BCUT2D eigenvalue weighted by molar-refractivity contribution is 7.92. The number of hydrogen-bond donors (Lipinski definition) is 1. The van der Waals surface area contributed by atoms with Gasteiger partial charge in [0.15, 0.2) is 0 Å². The number of aliphatic hydroxyl groups excluding tert-OH is 1. The second kappa shape index (κ2) is 10.4. The molecule has 2 rings (SSSR count). The summed E-state index contributed by atoms with van der Waals surface area (Å²) in [6.45, 7) is 6.46. The van der Waals surface area contributed by atoms with Crippen molar-refractivity contribution in [2.45, 2.75) is 37.7 Å². The molecule has 27 heavy (non-hydrogen) atoms. The average molecular weight is 391 g/mol. The van der Waals surface area contributed by atoms with E-state index in [9.17, 15) is 13.5 Å². The van der Waals surface area contributed by atoms with E-state index in [2.05, 4.69) is 18.7 Å². The van der Waals surface area contributed by atoms with E-state index < -0.39 is 16.1 Å². The summed E-state index contributed by atoms with van der Waals surface area (Å²) in [5, 5.41) is 10.7. The largest absolute Gasteiger partial charge is 0.390 e. The van der Waals surface area contributed by atoms with Crippen molar-refractivity contribution in [3.05, 3.63) is 60.7 Å². The molecule has 148 valence electrons. The van der Waals surface area contributed by atoms with Crippen LogP contribution in [-0.2, 0) is 10.0 Å². The van der Waals surface area contributed by atoms with Gasteiger partial charge in [0.2, 0.25) is 0 Å². The minimum atomic E-state index is -3.75. The molecule has 6 heteroatoms. The highest BCUT2D eigenvalue weighted by atomic mass is 32.2.